The first-order chi connectivity index (χ1) is 10.3. The van der Waals surface area contributed by atoms with Gasteiger partial charge in [0.25, 0.3) is 0 Å². The number of nitrogens with zero attached hydrogens (tertiary/aromatic N) is 3. The number of hydrogen-bond acceptors (Lipinski definition) is 4. The van der Waals surface area contributed by atoms with Crippen LogP contribution in [0.2, 0.25) is 0 Å². The molecule has 1 aliphatic heterocycles. The Balaban J connectivity index is 2.00. The van der Waals surface area contributed by atoms with E-state index in [9.17, 15) is 19.2 Å². The minimum Gasteiger partial charge on any atom is -0.340 e. The van der Waals surface area contributed by atoms with Crippen LogP contribution in [-0.4, -0.2) is 59.1 Å². The summed E-state index contributed by atoms with van der Waals surface area (Å²) in [5, 5.41) is 0. The monoisotopic (exact) mass is 303 g/mol. The predicted octanol–water partition coefficient (Wildman–Crippen LogP) is 0.374. The highest BCUT2D eigenvalue weighted by Crippen LogP contribution is 2.11. The molecule has 0 unspecified atom stereocenters. The maximum Gasteiger partial charge on any atom is 0.334 e. The minimum absolute atomic E-state index is 0.360. The highest BCUT2D eigenvalue weighted by Gasteiger charge is 2.43. The van der Waals surface area contributed by atoms with Gasteiger partial charge in [0.1, 0.15) is 6.54 Å². The Morgan fingerprint density at radius 3 is 2.18 bits per heavy atom. The normalized spacial score (nSPS) is 14.8. The zero-order valence-electron chi connectivity index (χ0n) is 12.7. The second-order valence-electron chi connectivity index (χ2n) is 5.27. The largest absolute Gasteiger partial charge is 0.340 e. The molecule has 1 aromatic carbocycles. The van der Waals surface area contributed by atoms with E-state index in [4.69, 9.17) is 0 Å². The lowest BCUT2D eigenvalue weighted by Crippen LogP contribution is -2.41. The molecule has 22 heavy (non-hydrogen) atoms. The van der Waals surface area contributed by atoms with Crippen molar-refractivity contribution in [3.8, 4) is 0 Å². The van der Waals surface area contributed by atoms with Crippen molar-refractivity contribution in [2.75, 3.05) is 20.6 Å². The van der Waals surface area contributed by atoms with Gasteiger partial charge in [0, 0.05) is 20.6 Å². The first kappa shape index (κ1) is 15.7. The molecule has 0 aliphatic carbocycles. The van der Waals surface area contributed by atoms with Gasteiger partial charge in [0.15, 0.2) is 0 Å². The fourth-order valence-electron chi connectivity index (χ4n) is 2.06. The zero-order chi connectivity index (χ0) is 16.4. The SMILES string of the molecule is Cc1ccc(CN(C)C(=O)CN2C(=O)C(=O)N(C)C2=O)cc1. The van der Waals surface area contributed by atoms with Crippen LogP contribution >= 0.6 is 0 Å². The Bertz CT molecular complexity index is 639. The van der Waals surface area contributed by atoms with Gasteiger partial charge in [0.2, 0.25) is 5.91 Å². The molecule has 1 aromatic rings. The lowest BCUT2D eigenvalue weighted by Gasteiger charge is -2.20. The van der Waals surface area contributed by atoms with Gasteiger partial charge in [-0.3, -0.25) is 19.3 Å². The molecule has 7 nitrogen and oxygen atoms in total. The third kappa shape index (κ3) is 2.98. The molecule has 116 valence electrons. The molecule has 0 radical (unpaired) electrons. The molecule has 1 fully saturated rings. The van der Waals surface area contributed by atoms with E-state index >= 15 is 0 Å². The van der Waals surface area contributed by atoms with Gasteiger partial charge in [-0.25, -0.2) is 9.69 Å². The van der Waals surface area contributed by atoms with Gasteiger partial charge < -0.3 is 4.90 Å². The van der Waals surface area contributed by atoms with E-state index in [0.29, 0.717) is 16.3 Å². The quantitative estimate of drug-likeness (QED) is 0.595. The average Bonchev–Trinajstić information content (AvgIpc) is 2.67. The summed E-state index contributed by atoms with van der Waals surface area (Å²) >= 11 is 0. The molecule has 1 saturated heterocycles. The molecule has 2 rings (SSSR count). The smallest absolute Gasteiger partial charge is 0.334 e. The Morgan fingerprint density at radius 2 is 1.68 bits per heavy atom. The van der Waals surface area contributed by atoms with Gasteiger partial charge in [-0.1, -0.05) is 29.8 Å². The van der Waals surface area contributed by atoms with Crippen LogP contribution in [0.25, 0.3) is 0 Å². The van der Waals surface area contributed by atoms with Crippen LogP contribution < -0.4 is 0 Å². The first-order valence-electron chi connectivity index (χ1n) is 6.74. The molecule has 0 atom stereocenters. The fourth-order valence-corrected chi connectivity index (χ4v) is 2.06. The predicted molar refractivity (Wildman–Crippen MR) is 77.5 cm³/mol. The Hall–Kier alpha value is -2.70. The molecule has 0 bridgehead atoms. The number of benzene rings is 1. The third-order valence-corrected chi connectivity index (χ3v) is 3.51. The van der Waals surface area contributed by atoms with E-state index in [1.165, 1.54) is 11.9 Å². The van der Waals surface area contributed by atoms with E-state index in [2.05, 4.69) is 0 Å². The zero-order valence-corrected chi connectivity index (χ0v) is 12.7. The Kier molecular flexibility index (Phi) is 4.25. The summed E-state index contributed by atoms with van der Waals surface area (Å²) in [6.45, 7) is 1.89. The van der Waals surface area contributed by atoms with Crippen LogP contribution in [-0.2, 0) is 20.9 Å². The van der Waals surface area contributed by atoms with E-state index in [1.807, 2.05) is 31.2 Å². The highest BCUT2D eigenvalue weighted by molar-refractivity contribution is 6.44. The average molecular weight is 303 g/mol. The molecule has 0 N–H and O–H groups in total. The van der Waals surface area contributed by atoms with E-state index in [1.54, 1.807) is 7.05 Å². The summed E-state index contributed by atoms with van der Waals surface area (Å²) < 4.78 is 0. The highest BCUT2D eigenvalue weighted by atomic mass is 16.2. The third-order valence-electron chi connectivity index (χ3n) is 3.51. The molecule has 1 aliphatic rings. The number of imide groups is 2. The van der Waals surface area contributed by atoms with Gasteiger partial charge in [0.05, 0.1) is 0 Å². The van der Waals surface area contributed by atoms with E-state index < -0.39 is 30.3 Å². The number of rotatable bonds is 4. The Labute approximate surface area is 128 Å². The maximum atomic E-state index is 12.1. The summed E-state index contributed by atoms with van der Waals surface area (Å²) in [6.07, 6.45) is 0. The van der Waals surface area contributed by atoms with Crippen molar-refractivity contribution in [1.82, 2.24) is 14.7 Å². The molecule has 0 saturated carbocycles. The van der Waals surface area contributed by atoms with Crippen LogP contribution in [0, 0.1) is 6.92 Å². The van der Waals surface area contributed by atoms with Gasteiger partial charge in [-0.15, -0.1) is 0 Å². The number of amides is 5. The second-order valence-corrected chi connectivity index (χ2v) is 5.27. The van der Waals surface area contributed by atoms with Gasteiger partial charge in [-0.2, -0.15) is 0 Å². The number of hydrogen-bond donors (Lipinski definition) is 0. The summed E-state index contributed by atoms with van der Waals surface area (Å²) in [5.74, 6) is -2.30. The van der Waals surface area contributed by atoms with E-state index in [-0.39, 0.29) is 0 Å². The van der Waals surface area contributed by atoms with Crippen molar-refractivity contribution >= 4 is 23.8 Å². The topological polar surface area (TPSA) is 78.0 Å². The minimum atomic E-state index is -0.968. The van der Waals surface area contributed by atoms with Crippen molar-refractivity contribution in [2.45, 2.75) is 13.5 Å². The van der Waals surface area contributed by atoms with Gasteiger partial charge >= 0.3 is 17.8 Å². The van der Waals surface area contributed by atoms with Crippen molar-refractivity contribution in [1.29, 1.82) is 0 Å². The number of likely N-dealkylation sites (N-methyl/N-ethyl adjacent to an activating group) is 2. The number of carbonyl (C=O) groups is 4. The molecule has 0 spiro atoms. The molecule has 1 heterocycles. The Morgan fingerprint density at radius 1 is 1.09 bits per heavy atom. The lowest BCUT2D eigenvalue weighted by molar-refractivity contribution is -0.144. The summed E-state index contributed by atoms with van der Waals surface area (Å²) in [4.78, 5) is 49.6. The molecule has 7 heteroatoms. The van der Waals surface area contributed by atoms with Crippen LogP contribution in [0.3, 0.4) is 0 Å². The summed E-state index contributed by atoms with van der Waals surface area (Å²) in [7, 11) is 2.79. The van der Waals surface area contributed by atoms with Crippen molar-refractivity contribution < 1.29 is 19.2 Å². The van der Waals surface area contributed by atoms with Crippen LogP contribution in [0.5, 0.6) is 0 Å². The van der Waals surface area contributed by atoms with Crippen molar-refractivity contribution in [3.63, 3.8) is 0 Å². The summed E-state index contributed by atoms with van der Waals surface area (Å²) in [5.41, 5.74) is 2.06. The number of carbonyl (C=O) groups excluding carboxylic acids is 4. The first-order valence-corrected chi connectivity index (χ1v) is 6.74. The molecule has 5 amide bonds. The van der Waals surface area contributed by atoms with Crippen molar-refractivity contribution in [3.05, 3.63) is 35.4 Å². The number of urea groups is 1. The van der Waals surface area contributed by atoms with Gasteiger partial charge in [-0.05, 0) is 12.5 Å². The number of aryl methyl sites for hydroxylation is 1. The fraction of sp³-hybridized carbons (Fsp3) is 0.333. The molecular formula is C15H17N3O4. The van der Waals surface area contributed by atoms with E-state index in [0.717, 1.165) is 11.1 Å². The summed E-state index contributed by atoms with van der Waals surface area (Å²) in [6, 6.07) is 6.92. The van der Waals surface area contributed by atoms with Crippen LogP contribution in [0.4, 0.5) is 4.79 Å². The standard InChI is InChI=1S/C15H17N3O4/c1-10-4-6-11(7-5-10)8-16(2)12(19)9-18-14(21)13(20)17(3)15(18)22/h4-7H,8-9H2,1-3H3. The maximum absolute atomic E-state index is 12.1. The van der Waals surface area contributed by atoms with Crippen molar-refractivity contribution in [2.24, 2.45) is 0 Å². The van der Waals surface area contributed by atoms with Crippen LogP contribution in [0.15, 0.2) is 24.3 Å². The van der Waals surface area contributed by atoms with Crippen LogP contribution in [0.1, 0.15) is 11.1 Å². The molecule has 0 aromatic heterocycles. The lowest BCUT2D eigenvalue weighted by atomic mass is 10.1. The molecular weight excluding hydrogens is 286 g/mol. The second kappa shape index (κ2) is 5.97.